The molecule has 2 unspecified atom stereocenters. The fourth-order valence-corrected chi connectivity index (χ4v) is 5.12. The Kier molecular flexibility index (Phi) is 9.66. The second kappa shape index (κ2) is 12.7. The first-order valence-electron chi connectivity index (χ1n) is 10.2. The third-order valence-electron chi connectivity index (χ3n) is 4.36. The molecule has 0 aromatic heterocycles. The van der Waals surface area contributed by atoms with Crippen LogP contribution in [0.5, 0.6) is 5.75 Å². The number of carbonyl (C=O) groups is 2. The maximum atomic E-state index is 11.9. The van der Waals surface area contributed by atoms with Gasteiger partial charge in [-0.15, -0.1) is 0 Å². The minimum Gasteiger partial charge on any atom is -0.482 e. The number of ether oxygens (including phenoxy) is 3. The Morgan fingerprint density at radius 2 is 1.39 bits per heavy atom. The van der Waals surface area contributed by atoms with Crippen molar-refractivity contribution in [3.63, 3.8) is 0 Å². The van der Waals surface area contributed by atoms with Crippen molar-refractivity contribution >= 4 is 50.4 Å². The molecule has 0 N–H and O–H groups in total. The number of carbonyl (C=O) groups excluding carboxylic acids is 2. The summed E-state index contributed by atoms with van der Waals surface area (Å²) in [6.07, 6.45) is 0. The van der Waals surface area contributed by atoms with Gasteiger partial charge in [-0.05, 0) is 67.6 Å². The number of esters is 2. The van der Waals surface area contributed by atoms with Gasteiger partial charge in [0.2, 0.25) is 0 Å². The molecule has 0 bridgehead atoms. The Morgan fingerprint density at radius 3 is 2.00 bits per heavy atom. The molecule has 33 heavy (non-hydrogen) atoms. The molecule has 0 radical (unpaired) electrons. The van der Waals surface area contributed by atoms with Gasteiger partial charge in [0.25, 0.3) is 0 Å². The summed E-state index contributed by atoms with van der Waals surface area (Å²) >= 11 is 9.19. The highest BCUT2D eigenvalue weighted by atomic mass is 79.9. The van der Waals surface area contributed by atoms with E-state index in [2.05, 4.69) is 28.1 Å². The van der Waals surface area contributed by atoms with Gasteiger partial charge in [0.15, 0.2) is 21.3 Å². The fraction of sp³-hybridized carbons (Fsp3) is 0.200. The van der Waals surface area contributed by atoms with Gasteiger partial charge in [-0.25, -0.2) is 4.79 Å². The summed E-state index contributed by atoms with van der Waals surface area (Å²) < 4.78 is 15.5. The van der Waals surface area contributed by atoms with Crippen molar-refractivity contribution in [1.82, 2.24) is 0 Å². The Balaban J connectivity index is 1.59. The largest absolute Gasteiger partial charge is 0.482 e. The summed E-state index contributed by atoms with van der Waals surface area (Å²) in [5.74, 6) is -0.384. The smallest absolute Gasteiger partial charge is 0.344 e. The van der Waals surface area contributed by atoms with Crippen molar-refractivity contribution in [2.75, 3.05) is 19.8 Å². The molecule has 172 valence electrons. The summed E-state index contributed by atoms with van der Waals surface area (Å²) in [6, 6.07) is 25.8. The molecule has 0 aliphatic rings. The van der Waals surface area contributed by atoms with E-state index >= 15 is 0 Å². The molecule has 5 nitrogen and oxygen atoms in total. The third-order valence-corrected chi connectivity index (χ3v) is 7.22. The van der Waals surface area contributed by atoms with Crippen molar-refractivity contribution in [2.45, 2.75) is 26.4 Å². The second-order valence-electron chi connectivity index (χ2n) is 6.84. The lowest BCUT2D eigenvalue weighted by atomic mass is 10.3. The molecule has 0 aliphatic heterocycles. The van der Waals surface area contributed by atoms with E-state index in [1.165, 1.54) is 4.90 Å². The average molecular weight is 551 g/mol. The van der Waals surface area contributed by atoms with Crippen LogP contribution in [0, 0.1) is 0 Å². The summed E-state index contributed by atoms with van der Waals surface area (Å²) in [6.45, 7) is 1.41. The zero-order valence-corrected chi connectivity index (χ0v) is 21.1. The molecule has 8 heteroatoms. The quantitative estimate of drug-likeness (QED) is 0.141. The van der Waals surface area contributed by atoms with Gasteiger partial charge in [-0.2, -0.15) is 0 Å². The first-order valence-corrected chi connectivity index (χ1v) is 12.7. The van der Waals surface area contributed by atoms with Gasteiger partial charge < -0.3 is 14.2 Å². The minimum atomic E-state index is -0.535. The molecule has 0 spiro atoms. The topological polar surface area (TPSA) is 61.8 Å². The van der Waals surface area contributed by atoms with Crippen LogP contribution >= 0.6 is 27.5 Å². The van der Waals surface area contributed by atoms with Gasteiger partial charge in [-0.3, -0.25) is 4.79 Å². The van der Waals surface area contributed by atoms with Crippen LogP contribution in [0.1, 0.15) is 6.92 Å². The van der Waals surface area contributed by atoms with Gasteiger partial charge >= 0.3 is 11.9 Å². The second-order valence-corrected chi connectivity index (χ2v) is 10.7. The Morgan fingerprint density at radius 1 is 0.848 bits per heavy atom. The van der Waals surface area contributed by atoms with Crippen LogP contribution < -0.4 is 4.74 Å². The monoisotopic (exact) mass is 549 g/mol. The van der Waals surface area contributed by atoms with Crippen LogP contribution in [0.2, 0.25) is 5.02 Å². The van der Waals surface area contributed by atoms with Crippen molar-refractivity contribution < 1.29 is 23.8 Å². The maximum Gasteiger partial charge on any atom is 0.344 e. The molecule has 0 saturated heterocycles. The van der Waals surface area contributed by atoms with E-state index < -0.39 is 16.8 Å². The van der Waals surface area contributed by atoms with E-state index in [0.717, 1.165) is 9.79 Å². The summed E-state index contributed by atoms with van der Waals surface area (Å²) in [4.78, 5) is 26.2. The highest BCUT2D eigenvalue weighted by Gasteiger charge is 2.28. The van der Waals surface area contributed by atoms with Gasteiger partial charge in [0.05, 0.1) is 10.9 Å². The average Bonchev–Trinajstić information content (AvgIpc) is 2.83. The van der Waals surface area contributed by atoms with Crippen LogP contribution in [-0.4, -0.2) is 36.6 Å². The Labute approximate surface area is 209 Å². The normalized spacial score (nSPS) is 12.5. The molecule has 3 aromatic rings. The summed E-state index contributed by atoms with van der Waals surface area (Å²) in [5.41, 5.74) is 0. The number of hydrogen-bond donors (Lipinski definition) is 0. The predicted molar refractivity (Wildman–Crippen MR) is 132 cm³/mol. The maximum absolute atomic E-state index is 11.9. The number of halogens is 2. The Hall–Kier alpha value is -2.48. The van der Waals surface area contributed by atoms with Crippen molar-refractivity contribution in [2.24, 2.45) is 0 Å². The van der Waals surface area contributed by atoms with Crippen LogP contribution in [0.25, 0.3) is 0 Å². The molecular weight excluding hydrogens is 528 g/mol. The van der Waals surface area contributed by atoms with Crippen molar-refractivity contribution in [3.05, 3.63) is 83.9 Å². The SMILES string of the molecule is CC(Br)C(=O)OCCOC(=O)COc1ccc([S+](c2ccccc2)c2ccc(Cl)cc2)cc1. The van der Waals surface area contributed by atoms with Crippen LogP contribution in [0.3, 0.4) is 0 Å². The molecule has 0 fully saturated rings. The van der Waals surface area contributed by atoms with E-state index in [1.807, 2.05) is 66.7 Å². The van der Waals surface area contributed by atoms with Crippen LogP contribution in [0.15, 0.2) is 93.5 Å². The molecule has 0 saturated carbocycles. The van der Waals surface area contributed by atoms with Gasteiger partial charge in [0.1, 0.15) is 23.8 Å². The van der Waals surface area contributed by atoms with E-state index in [0.29, 0.717) is 10.8 Å². The zero-order chi connectivity index (χ0) is 23.6. The van der Waals surface area contributed by atoms with E-state index in [9.17, 15) is 9.59 Å². The lowest BCUT2D eigenvalue weighted by Crippen LogP contribution is -2.20. The lowest BCUT2D eigenvalue weighted by Gasteiger charge is -2.10. The first-order chi connectivity index (χ1) is 15.9. The molecule has 0 heterocycles. The Bertz CT molecular complexity index is 1040. The van der Waals surface area contributed by atoms with Crippen LogP contribution in [0.4, 0.5) is 0 Å². The van der Waals surface area contributed by atoms with E-state index in [1.54, 1.807) is 6.92 Å². The fourth-order valence-electron chi connectivity index (χ4n) is 2.80. The zero-order valence-electron chi connectivity index (χ0n) is 17.9. The summed E-state index contributed by atoms with van der Waals surface area (Å²) in [5, 5.41) is 0.696. The molecule has 2 atom stereocenters. The number of alkyl halides is 1. The highest BCUT2D eigenvalue weighted by molar-refractivity contribution is 9.10. The van der Waals surface area contributed by atoms with Gasteiger partial charge in [0, 0.05) is 5.02 Å². The number of hydrogen-bond acceptors (Lipinski definition) is 5. The molecule has 3 aromatic carbocycles. The third kappa shape index (κ3) is 7.81. The molecule has 3 rings (SSSR count). The first kappa shape index (κ1) is 25.1. The summed E-state index contributed by atoms with van der Waals surface area (Å²) in [7, 11) is -0.307. The number of rotatable bonds is 10. The lowest BCUT2D eigenvalue weighted by molar-refractivity contribution is -0.153. The number of benzene rings is 3. The molecule has 0 aliphatic carbocycles. The highest BCUT2D eigenvalue weighted by Crippen LogP contribution is 2.32. The molecule has 0 amide bonds. The standard InChI is InChI=1S/C25H23BrClO5S/c1-18(26)25(29)31-16-15-30-24(28)17-32-20-9-13-23(14-10-20)33(21-5-3-2-4-6-21)22-11-7-19(27)8-12-22/h2-14,18H,15-17H2,1H3/q+1. The minimum absolute atomic E-state index is 0.00169. The van der Waals surface area contributed by atoms with Crippen molar-refractivity contribution in [3.8, 4) is 5.75 Å². The van der Waals surface area contributed by atoms with Gasteiger partial charge in [-0.1, -0.05) is 45.7 Å². The predicted octanol–water partition coefficient (Wildman–Crippen LogP) is 5.68. The van der Waals surface area contributed by atoms with Crippen LogP contribution in [-0.2, 0) is 30.0 Å². The molecular formula is C25H23BrClO5S+. The van der Waals surface area contributed by atoms with Crippen molar-refractivity contribution in [1.29, 1.82) is 0 Å². The van der Waals surface area contributed by atoms with E-state index in [4.69, 9.17) is 25.8 Å². The van der Waals surface area contributed by atoms with E-state index in [-0.39, 0.29) is 30.7 Å².